The first-order valence-electron chi connectivity index (χ1n) is 9.32. The summed E-state index contributed by atoms with van der Waals surface area (Å²) in [5, 5.41) is 6.72. The van der Waals surface area contributed by atoms with Gasteiger partial charge in [0.25, 0.3) is 0 Å². The minimum absolute atomic E-state index is 0.544. The van der Waals surface area contributed by atoms with E-state index in [1.165, 1.54) is 0 Å². The van der Waals surface area contributed by atoms with Crippen LogP contribution in [0.4, 0.5) is 5.82 Å². The zero-order valence-electron chi connectivity index (χ0n) is 15.8. The Morgan fingerprint density at radius 2 is 1.41 bits per heavy atom. The Kier molecular flexibility index (Phi) is 4.42. The second kappa shape index (κ2) is 7.11. The van der Waals surface area contributed by atoms with E-state index in [1.54, 1.807) is 0 Å². The third kappa shape index (κ3) is 3.03. The summed E-state index contributed by atoms with van der Waals surface area (Å²) < 4.78 is 8.40. The molecule has 142 valence electrons. The van der Waals surface area contributed by atoms with Gasteiger partial charge in [-0.15, -0.1) is 0 Å². The maximum absolute atomic E-state index is 6.53. The van der Waals surface area contributed by atoms with E-state index in [0.717, 1.165) is 33.4 Å². The zero-order valence-corrected chi connectivity index (χ0v) is 17.5. The summed E-state index contributed by atoms with van der Waals surface area (Å²) in [7, 11) is 0. The van der Waals surface area contributed by atoms with E-state index in [2.05, 4.69) is 0 Å². The van der Waals surface area contributed by atoms with E-state index in [4.69, 9.17) is 26.4 Å². The number of benzene rings is 3. The van der Waals surface area contributed by atoms with Gasteiger partial charge in [-0.25, -0.2) is 4.68 Å². The van der Waals surface area contributed by atoms with Crippen LogP contribution in [0.2, 0.25) is 0 Å². The van der Waals surface area contributed by atoms with Crippen molar-refractivity contribution in [2.45, 2.75) is 6.92 Å². The Morgan fingerprint density at radius 1 is 0.828 bits per heavy atom. The predicted molar refractivity (Wildman–Crippen MR) is 122 cm³/mol. The van der Waals surface area contributed by atoms with Gasteiger partial charge in [0.15, 0.2) is 12.1 Å². The van der Waals surface area contributed by atoms with E-state index in [9.17, 15) is 0 Å². The van der Waals surface area contributed by atoms with Gasteiger partial charge in [0.1, 0.15) is 0 Å². The number of aliphatic imine (C=N–C) groups is 1. The number of aryl methyl sites for hydroxylation is 1. The van der Waals surface area contributed by atoms with Crippen molar-refractivity contribution in [3.63, 3.8) is 0 Å². The van der Waals surface area contributed by atoms with Crippen molar-refractivity contribution >= 4 is 40.4 Å². The molecule has 0 saturated carbocycles. The molecule has 0 fully saturated rings. The van der Waals surface area contributed by atoms with Gasteiger partial charge in [0, 0.05) is 10.9 Å². The molecule has 1 aromatic heterocycles. The van der Waals surface area contributed by atoms with Gasteiger partial charge in [-0.1, -0.05) is 66.7 Å². The molecule has 1 aliphatic rings. The molecule has 0 aliphatic carbocycles. The van der Waals surface area contributed by atoms with Gasteiger partial charge < -0.3 is 4.52 Å². The van der Waals surface area contributed by atoms with Crippen LogP contribution in [0.25, 0.3) is 5.69 Å². The topological polar surface area (TPSA) is 39.4 Å². The average molecular weight is 415 g/mol. The molecule has 0 spiro atoms. The third-order valence-corrected chi connectivity index (χ3v) is 8.76. The van der Waals surface area contributed by atoms with Crippen LogP contribution in [-0.2, 0) is 16.3 Å². The van der Waals surface area contributed by atoms with Crippen molar-refractivity contribution in [1.29, 1.82) is 0 Å². The van der Waals surface area contributed by atoms with Crippen LogP contribution in [0, 0.1) is 6.92 Å². The highest BCUT2D eigenvalue weighted by Gasteiger charge is 2.38. The summed E-state index contributed by atoms with van der Waals surface area (Å²) in [6.45, 7) is 1.98. The van der Waals surface area contributed by atoms with E-state index < -0.39 is 6.26 Å². The van der Waals surface area contributed by atoms with Crippen LogP contribution in [-0.4, -0.2) is 15.7 Å². The first-order valence-corrected chi connectivity index (χ1v) is 12.0. The van der Waals surface area contributed by atoms with Crippen LogP contribution >= 0.6 is 6.26 Å². The van der Waals surface area contributed by atoms with Crippen LogP contribution in [0.3, 0.4) is 0 Å². The molecular weight excluding hydrogens is 397 g/mol. The van der Waals surface area contributed by atoms with Gasteiger partial charge in [0.05, 0.1) is 16.7 Å². The summed E-state index contributed by atoms with van der Waals surface area (Å²) >= 11 is 6.26. The van der Waals surface area contributed by atoms with Gasteiger partial charge in [0.2, 0.25) is 5.90 Å². The largest absolute Gasteiger partial charge is 0.439 e. The van der Waals surface area contributed by atoms with E-state index in [1.807, 2.05) is 103 Å². The fourth-order valence-corrected chi connectivity index (χ4v) is 7.00. The first kappa shape index (κ1) is 18.0. The number of nitrogens with zero attached hydrogens (tertiary/aromatic N) is 3. The molecule has 2 heterocycles. The minimum Gasteiger partial charge on any atom is -0.439 e. The predicted octanol–water partition coefficient (Wildman–Crippen LogP) is 4.63. The van der Waals surface area contributed by atoms with Crippen LogP contribution < -0.4 is 10.6 Å². The van der Waals surface area contributed by atoms with Crippen LogP contribution in [0.1, 0.15) is 11.3 Å². The number of hydrogen-bond donors (Lipinski definition) is 0. The summed E-state index contributed by atoms with van der Waals surface area (Å²) in [6, 6.07) is 30.0. The Balaban J connectivity index is 1.80. The molecule has 4 nitrogen and oxygen atoms in total. The molecule has 29 heavy (non-hydrogen) atoms. The number of hydrogen-bond acceptors (Lipinski definition) is 4. The SMILES string of the molecule is Cc1nn(-c2ccccc2)c2c1P(=S)(c1ccccc1)OC(c1ccccc1)=N2. The molecule has 5 rings (SSSR count). The minimum atomic E-state index is -2.60. The molecule has 0 amide bonds. The molecule has 0 radical (unpaired) electrons. The Bertz CT molecular complexity index is 1250. The highest BCUT2D eigenvalue weighted by Crippen LogP contribution is 2.52. The van der Waals surface area contributed by atoms with Crippen molar-refractivity contribution in [2.75, 3.05) is 0 Å². The Morgan fingerprint density at radius 3 is 2.07 bits per heavy atom. The third-order valence-electron chi connectivity index (χ3n) is 4.84. The molecule has 1 atom stereocenters. The molecule has 4 aromatic rings. The fraction of sp³-hybridized carbons (Fsp3) is 0.0435. The lowest BCUT2D eigenvalue weighted by Gasteiger charge is -2.28. The van der Waals surface area contributed by atoms with Gasteiger partial charge in [-0.2, -0.15) is 10.1 Å². The number of fused-ring (bicyclic) bond motifs is 1. The van der Waals surface area contributed by atoms with E-state index in [0.29, 0.717) is 5.90 Å². The van der Waals surface area contributed by atoms with Crippen molar-refractivity contribution in [2.24, 2.45) is 4.99 Å². The molecular formula is C23H18N3OPS. The van der Waals surface area contributed by atoms with Gasteiger partial charge in [-0.05, 0) is 43.0 Å². The lowest BCUT2D eigenvalue weighted by Crippen LogP contribution is -2.26. The molecule has 1 unspecified atom stereocenters. The van der Waals surface area contributed by atoms with E-state index in [-0.39, 0.29) is 0 Å². The quantitative estimate of drug-likeness (QED) is 0.458. The maximum Gasteiger partial charge on any atom is 0.226 e. The van der Waals surface area contributed by atoms with Crippen LogP contribution in [0.15, 0.2) is 96.0 Å². The average Bonchev–Trinajstić information content (AvgIpc) is 3.13. The van der Waals surface area contributed by atoms with Crippen molar-refractivity contribution in [1.82, 2.24) is 9.78 Å². The number of para-hydroxylation sites is 1. The standard InChI is InChI=1S/C23H18N3OPS/c1-17-21-22(26(25-17)19-13-7-3-8-14-19)24-23(18-11-5-2-6-12-18)27-28(21,29)20-15-9-4-10-16-20/h2-16H,1H3. The summed E-state index contributed by atoms with van der Waals surface area (Å²) in [6.07, 6.45) is -2.60. The molecule has 3 aromatic carbocycles. The summed E-state index contributed by atoms with van der Waals surface area (Å²) in [5.41, 5.74) is 2.71. The van der Waals surface area contributed by atoms with Gasteiger partial charge >= 0.3 is 0 Å². The first-order chi connectivity index (χ1) is 14.2. The summed E-state index contributed by atoms with van der Waals surface area (Å²) in [4.78, 5) is 4.89. The molecule has 1 aliphatic heterocycles. The Hall–Kier alpha value is -3.01. The normalized spacial score (nSPS) is 17.9. The highest BCUT2D eigenvalue weighted by molar-refractivity contribution is 8.19. The number of rotatable bonds is 3. The molecule has 0 saturated heterocycles. The smallest absolute Gasteiger partial charge is 0.226 e. The second-order valence-corrected chi connectivity index (χ2v) is 10.6. The molecule has 0 bridgehead atoms. The molecule has 6 heteroatoms. The highest BCUT2D eigenvalue weighted by atomic mass is 32.4. The van der Waals surface area contributed by atoms with Crippen molar-refractivity contribution in [3.05, 3.63) is 102 Å². The molecule has 0 N–H and O–H groups in total. The number of aromatic nitrogens is 2. The Labute approximate surface area is 174 Å². The lowest BCUT2D eigenvalue weighted by atomic mass is 10.2. The van der Waals surface area contributed by atoms with Gasteiger partial charge in [-0.3, -0.25) is 0 Å². The fourth-order valence-electron chi connectivity index (χ4n) is 3.49. The van der Waals surface area contributed by atoms with Crippen molar-refractivity contribution < 1.29 is 4.52 Å². The monoisotopic (exact) mass is 415 g/mol. The zero-order chi connectivity index (χ0) is 19.8. The maximum atomic E-state index is 6.53. The van der Waals surface area contributed by atoms with E-state index >= 15 is 0 Å². The lowest BCUT2D eigenvalue weighted by molar-refractivity contribution is 0.622. The second-order valence-electron chi connectivity index (χ2n) is 6.77. The summed E-state index contributed by atoms with van der Waals surface area (Å²) in [5.74, 6) is 1.30. The van der Waals surface area contributed by atoms with Crippen molar-refractivity contribution in [3.8, 4) is 5.69 Å². The van der Waals surface area contributed by atoms with Crippen LogP contribution in [0.5, 0.6) is 0 Å².